The number of amides is 1. The fourth-order valence-corrected chi connectivity index (χ4v) is 3.52. The molecule has 2 rings (SSSR count). The van der Waals surface area contributed by atoms with Crippen LogP contribution in [0.5, 0.6) is 0 Å². The molecule has 138 valence electrons. The van der Waals surface area contributed by atoms with Crippen LogP contribution in [-0.2, 0) is 21.4 Å². The van der Waals surface area contributed by atoms with Crippen LogP contribution < -0.4 is 10.0 Å². The minimum absolute atomic E-state index is 0.153. The number of carbonyl (C=O) groups is 1. The van der Waals surface area contributed by atoms with E-state index in [0.29, 0.717) is 11.1 Å². The fraction of sp³-hybridized carbons (Fsp3) is 0.211. The molecule has 2 N–H and O–H groups in total. The quantitative estimate of drug-likeness (QED) is 0.730. The molecule has 0 fully saturated rings. The van der Waals surface area contributed by atoms with Gasteiger partial charge in [-0.3, -0.25) is 4.79 Å². The minimum Gasteiger partial charge on any atom is -0.348 e. The number of rotatable bonds is 7. The highest BCUT2D eigenvalue weighted by atomic mass is 32.2. The number of hydrogen-bond donors (Lipinski definition) is 2. The Morgan fingerprint density at radius 3 is 2.50 bits per heavy atom. The summed E-state index contributed by atoms with van der Waals surface area (Å²) in [6.45, 7) is 3.68. The summed E-state index contributed by atoms with van der Waals surface area (Å²) in [5.41, 5.74) is 1.37. The van der Waals surface area contributed by atoms with E-state index in [1.807, 2.05) is 0 Å². The highest BCUT2D eigenvalue weighted by molar-refractivity contribution is 7.89. The third-order valence-corrected chi connectivity index (χ3v) is 5.02. The van der Waals surface area contributed by atoms with Crippen molar-refractivity contribution in [3.05, 3.63) is 71.6 Å². The SMILES string of the molecule is CC(C)NS(=O)(=O)c1cccc(CNC(=O)/C=C/c2ccc(F)cc2)c1. The van der Waals surface area contributed by atoms with E-state index in [0.717, 1.165) is 0 Å². The van der Waals surface area contributed by atoms with Crippen molar-refractivity contribution in [1.29, 1.82) is 0 Å². The minimum atomic E-state index is -3.58. The van der Waals surface area contributed by atoms with Crippen LogP contribution in [0.25, 0.3) is 6.08 Å². The van der Waals surface area contributed by atoms with Crippen molar-refractivity contribution in [2.75, 3.05) is 0 Å². The topological polar surface area (TPSA) is 75.3 Å². The molecular formula is C19H21FN2O3S. The largest absolute Gasteiger partial charge is 0.348 e. The van der Waals surface area contributed by atoms with Crippen LogP contribution in [0.15, 0.2) is 59.5 Å². The van der Waals surface area contributed by atoms with Crippen molar-refractivity contribution in [2.24, 2.45) is 0 Å². The average molecular weight is 376 g/mol. The van der Waals surface area contributed by atoms with E-state index in [1.165, 1.54) is 30.3 Å². The monoisotopic (exact) mass is 376 g/mol. The lowest BCUT2D eigenvalue weighted by atomic mass is 10.2. The van der Waals surface area contributed by atoms with Gasteiger partial charge < -0.3 is 5.32 Å². The predicted octanol–water partition coefficient (Wildman–Crippen LogP) is 2.84. The predicted molar refractivity (Wildman–Crippen MR) is 99.2 cm³/mol. The van der Waals surface area contributed by atoms with E-state index in [9.17, 15) is 17.6 Å². The molecule has 26 heavy (non-hydrogen) atoms. The van der Waals surface area contributed by atoms with Crippen molar-refractivity contribution in [1.82, 2.24) is 10.0 Å². The summed E-state index contributed by atoms with van der Waals surface area (Å²) in [6.07, 6.45) is 2.91. The molecule has 0 heterocycles. The summed E-state index contributed by atoms with van der Waals surface area (Å²) < 4.78 is 39.7. The molecule has 0 aromatic heterocycles. The molecular weight excluding hydrogens is 355 g/mol. The summed E-state index contributed by atoms with van der Waals surface area (Å²) in [6, 6.07) is 11.9. The van der Waals surface area contributed by atoms with Gasteiger partial charge in [0.25, 0.3) is 0 Å². The highest BCUT2D eigenvalue weighted by Gasteiger charge is 2.15. The molecule has 5 nitrogen and oxygen atoms in total. The maximum atomic E-state index is 12.8. The fourth-order valence-electron chi connectivity index (χ4n) is 2.19. The highest BCUT2D eigenvalue weighted by Crippen LogP contribution is 2.12. The van der Waals surface area contributed by atoms with E-state index in [4.69, 9.17) is 0 Å². The number of sulfonamides is 1. The Balaban J connectivity index is 1.98. The summed E-state index contributed by atoms with van der Waals surface area (Å²) >= 11 is 0. The molecule has 0 unspecified atom stereocenters. The standard InChI is InChI=1S/C19H21FN2O3S/c1-14(2)22-26(24,25)18-5-3-4-16(12-18)13-21-19(23)11-8-15-6-9-17(20)10-7-15/h3-12,14,22H,13H2,1-2H3,(H,21,23)/b11-8+. The van der Waals surface area contributed by atoms with Gasteiger partial charge in [-0.2, -0.15) is 0 Å². The lowest BCUT2D eigenvalue weighted by Gasteiger charge is -2.11. The maximum Gasteiger partial charge on any atom is 0.244 e. The van der Waals surface area contributed by atoms with Crippen molar-refractivity contribution >= 4 is 22.0 Å². The van der Waals surface area contributed by atoms with Gasteiger partial charge in [-0.15, -0.1) is 0 Å². The van der Waals surface area contributed by atoms with Crippen molar-refractivity contribution in [3.63, 3.8) is 0 Å². The van der Waals surface area contributed by atoms with Crippen LogP contribution in [0.4, 0.5) is 4.39 Å². The second kappa shape index (κ2) is 8.73. The molecule has 0 saturated carbocycles. The van der Waals surface area contributed by atoms with Crippen LogP contribution in [0, 0.1) is 5.82 Å². The number of benzene rings is 2. The first kappa shape index (κ1) is 19.8. The van der Waals surface area contributed by atoms with Gasteiger partial charge in [-0.05, 0) is 55.3 Å². The summed E-state index contributed by atoms with van der Waals surface area (Å²) in [5.74, 6) is -0.670. The Labute approximate surface area is 153 Å². The van der Waals surface area contributed by atoms with Crippen molar-refractivity contribution < 1.29 is 17.6 Å². The molecule has 0 bridgehead atoms. The third-order valence-electron chi connectivity index (χ3n) is 3.36. The molecule has 2 aromatic rings. The van der Waals surface area contributed by atoms with Crippen molar-refractivity contribution in [3.8, 4) is 0 Å². The molecule has 0 aliphatic carbocycles. The van der Waals surface area contributed by atoms with Gasteiger partial charge in [0, 0.05) is 18.7 Å². The van der Waals surface area contributed by atoms with Crippen molar-refractivity contribution in [2.45, 2.75) is 31.3 Å². The number of nitrogens with one attached hydrogen (secondary N) is 2. The second-order valence-corrected chi connectivity index (χ2v) is 7.74. The third kappa shape index (κ3) is 6.09. The zero-order valence-corrected chi connectivity index (χ0v) is 15.4. The lowest BCUT2D eigenvalue weighted by Crippen LogP contribution is -2.30. The van der Waals surface area contributed by atoms with Gasteiger partial charge in [0.05, 0.1) is 4.90 Å². The Morgan fingerprint density at radius 2 is 1.85 bits per heavy atom. The van der Waals surface area contributed by atoms with Gasteiger partial charge in [0.1, 0.15) is 5.82 Å². The molecule has 0 atom stereocenters. The molecule has 0 saturated heterocycles. The van der Waals surface area contributed by atoms with Crippen LogP contribution in [0.2, 0.25) is 0 Å². The first-order valence-corrected chi connectivity index (χ1v) is 9.57. The molecule has 2 aromatic carbocycles. The molecule has 0 aliphatic rings. The molecule has 7 heteroatoms. The lowest BCUT2D eigenvalue weighted by molar-refractivity contribution is -0.116. The normalized spacial score (nSPS) is 11.8. The number of halogens is 1. The number of carbonyl (C=O) groups excluding carboxylic acids is 1. The molecule has 0 radical (unpaired) electrons. The zero-order valence-electron chi connectivity index (χ0n) is 14.6. The molecule has 0 spiro atoms. The van der Waals surface area contributed by atoms with Gasteiger partial charge in [-0.1, -0.05) is 24.3 Å². The van der Waals surface area contributed by atoms with E-state index >= 15 is 0 Å². The van der Waals surface area contributed by atoms with Gasteiger partial charge >= 0.3 is 0 Å². The first-order valence-electron chi connectivity index (χ1n) is 8.09. The summed E-state index contributed by atoms with van der Waals surface area (Å²) in [4.78, 5) is 12.0. The molecule has 0 aliphatic heterocycles. The summed E-state index contributed by atoms with van der Waals surface area (Å²) in [5, 5.41) is 2.68. The van der Waals surface area contributed by atoms with E-state index in [-0.39, 0.29) is 29.2 Å². The van der Waals surface area contributed by atoms with Crippen LogP contribution in [0.1, 0.15) is 25.0 Å². The Morgan fingerprint density at radius 1 is 1.15 bits per heavy atom. The Bertz CT molecular complexity index is 891. The Kier molecular flexibility index (Phi) is 6.65. The maximum absolute atomic E-state index is 12.8. The first-order chi connectivity index (χ1) is 12.3. The smallest absolute Gasteiger partial charge is 0.244 e. The van der Waals surface area contributed by atoms with E-state index in [2.05, 4.69) is 10.0 Å². The van der Waals surface area contributed by atoms with Crippen LogP contribution in [0.3, 0.4) is 0 Å². The zero-order chi connectivity index (χ0) is 19.2. The summed E-state index contributed by atoms with van der Waals surface area (Å²) in [7, 11) is -3.58. The van der Waals surface area contributed by atoms with E-state index < -0.39 is 10.0 Å². The molecule has 1 amide bonds. The van der Waals surface area contributed by atoms with Gasteiger partial charge in [0.2, 0.25) is 15.9 Å². The van der Waals surface area contributed by atoms with Crippen LogP contribution >= 0.6 is 0 Å². The second-order valence-electron chi connectivity index (χ2n) is 6.03. The Hall–Kier alpha value is -2.51. The van der Waals surface area contributed by atoms with Gasteiger partial charge in [0.15, 0.2) is 0 Å². The van der Waals surface area contributed by atoms with Gasteiger partial charge in [-0.25, -0.2) is 17.5 Å². The van der Waals surface area contributed by atoms with Crippen LogP contribution in [-0.4, -0.2) is 20.4 Å². The average Bonchev–Trinajstić information content (AvgIpc) is 2.58. The van der Waals surface area contributed by atoms with E-state index in [1.54, 1.807) is 44.2 Å². The number of hydrogen-bond acceptors (Lipinski definition) is 3.